The van der Waals surface area contributed by atoms with Crippen molar-refractivity contribution < 1.29 is 13.9 Å². The lowest BCUT2D eigenvalue weighted by atomic mass is 9.87. The molecule has 1 amide bonds. The maximum atomic E-state index is 14.0. The van der Waals surface area contributed by atoms with Crippen molar-refractivity contribution in [1.82, 2.24) is 5.32 Å². The van der Waals surface area contributed by atoms with E-state index < -0.39 is 11.7 Å². The zero-order valence-corrected chi connectivity index (χ0v) is 12.9. The lowest BCUT2D eigenvalue weighted by molar-refractivity contribution is 0.0928. The van der Waals surface area contributed by atoms with Crippen LogP contribution in [0.25, 0.3) is 0 Å². The number of fused-ring (bicyclic) bond motifs is 1. The Morgan fingerprint density at radius 2 is 2.13 bits per heavy atom. The largest absolute Gasteiger partial charge is 0.497 e. The lowest BCUT2D eigenvalue weighted by Gasteiger charge is -2.26. The van der Waals surface area contributed by atoms with Gasteiger partial charge in [-0.05, 0) is 54.7 Å². The van der Waals surface area contributed by atoms with Crippen molar-refractivity contribution in [2.45, 2.75) is 25.3 Å². The molecule has 2 aromatic rings. The van der Waals surface area contributed by atoms with Crippen LogP contribution in [-0.4, -0.2) is 13.0 Å². The fourth-order valence-electron chi connectivity index (χ4n) is 3.03. The summed E-state index contributed by atoms with van der Waals surface area (Å²) in [5.41, 5.74) is 8.77. The molecular formula is C18H19FN2O2. The van der Waals surface area contributed by atoms with Gasteiger partial charge in [0.05, 0.1) is 18.7 Å². The molecule has 0 saturated carbocycles. The highest BCUT2D eigenvalue weighted by molar-refractivity contribution is 5.95. The van der Waals surface area contributed by atoms with Gasteiger partial charge in [-0.2, -0.15) is 0 Å². The van der Waals surface area contributed by atoms with Gasteiger partial charge in [0.2, 0.25) is 0 Å². The summed E-state index contributed by atoms with van der Waals surface area (Å²) in [5.74, 6) is -0.618. The highest BCUT2D eigenvalue weighted by Gasteiger charge is 2.23. The number of amides is 1. The Bertz CT molecular complexity index is 746. The third-order valence-corrected chi connectivity index (χ3v) is 4.21. The number of benzene rings is 2. The fourth-order valence-corrected chi connectivity index (χ4v) is 3.03. The van der Waals surface area contributed by atoms with E-state index in [1.54, 1.807) is 6.07 Å². The van der Waals surface area contributed by atoms with E-state index >= 15 is 0 Å². The van der Waals surface area contributed by atoms with E-state index in [9.17, 15) is 9.18 Å². The Morgan fingerprint density at radius 1 is 1.30 bits per heavy atom. The molecule has 1 atom stereocenters. The summed E-state index contributed by atoms with van der Waals surface area (Å²) in [6.07, 6.45) is 2.75. The number of nitrogen functional groups attached to an aromatic ring is 1. The van der Waals surface area contributed by atoms with Crippen molar-refractivity contribution in [3.8, 4) is 5.75 Å². The van der Waals surface area contributed by atoms with Crippen LogP contribution in [0.4, 0.5) is 10.1 Å². The molecule has 1 aliphatic rings. The molecule has 0 spiro atoms. The molecule has 1 unspecified atom stereocenters. The lowest BCUT2D eigenvalue weighted by Crippen LogP contribution is -2.31. The van der Waals surface area contributed by atoms with Gasteiger partial charge in [-0.25, -0.2) is 4.39 Å². The van der Waals surface area contributed by atoms with Gasteiger partial charge in [0, 0.05) is 11.8 Å². The van der Waals surface area contributed by atoms with Gasteiger partial charge in [-0.1, -0.05) is 6.07 Å². The number of anilines is 1. The minimum Gasteiger partial charge on any atom is -0.497 e. The van der Waals surface area contributed by atoms with Crippen molar-refractivity contribution in [2.75, 3.05) is 12.8 Å². The van der Waals surface area contributed by atoms with E-state index in [2.05, 4.69) is 5.32 Å². The van der Waals surface area contributed by atoms with Gasteiger partial charge in [-0.15, -0.1) is 0 Å². The molecule has 0 heterocycles. The van der Waals surface area contributed by atoms with Crippen molar-refractivity contribution in [3.05, 3.63) is 58.9 Å². The molecule has 0 aliphatic heterocycles. The molecular weight excluding hydrogens is 295 g/mol. The minimum atomic E-state index is -0.588. The molecule has 23 heavy (non-hydrogen) atoms. The second kappa shape index (κ2) is 6.28. The molecule has 120 valence electrons. The van der Waals surface area contributed by atoms with Crippen molar-refractivity contribution in [2.24, 2.45) is 0 Å². The molecule has 0 fully saturated rings. The number of nitrogens with one attached hydrogen (secondary N) is 1. The number of methoxy groups -OCH3 is 1. The molecule has 4 nitrogen and oxygen atoms in total. The SMILES string of the molecule is COc1ccc(C(=O)NC2CCCc3cc(N)ccc32)c(F)c1. The molecule has 0 saturated heterocycles. The second-order valence-electron chi connectivity index (χ2n) is 5.72. The molecule has 5 heteroatoms. The first-order chi connectivity index (χ1) is 11.1. The van der Waals surface area contributed by atoms with E-state index in [0.29, 0.717) is 5.75 Å². The number of carbonyl (C=O) groups is 1. The van der Waals surface area contributed by atoms with Crippen molar-refractivity contribution >= 4 is 11.6 Å². The third-order valence-electron chi connectivity index (χ3n) is 4.21. The molecule has 3 rings (SSSR count). The number of nitrogens with two attached hydrogens (primary N) is 1. The van der Waals surface area contributed by atoms with E-state index in [1.165, 1.54) is 19.2 Å². The van der Waals surface area contributed by atoms with Crippen LogP contribution in [0.5, 0.6) is 5.75 Å². The normalized spacial score (nSPS) is 16.5. The van der Waals surface area contributed by atoms with Crippen LogP contribution in [0, 0.1) is 5.82 Å². The minimum absolute atomic E-state index is 0.0216. The standard InChI is InChI=1S/C18H19FN2O2/c1-23-13-6-8-15(16(19)10-13)18(22)21-17-4-2-3-11-9-12(20)5-7-14(11)17/h5-10,17H,2-4,20H2,1H3,(H,21,22). The first-order valence-electron chi connectivity index (χ1n) is 7.61. The average Bonchev–Trinajstić information content (AvgIpc) is 2.54. The van der Waals surface area contributed by atoms with E-state index in [0.717, 1.165) is 36.1 Å². The molecule has 0 aromatic heterocycles. The Balaban J connectivity index is 1.82. The van der Waals surface area contributed by atoms with Gasteiger partial charge < -0.3 is 15.8 Å². The van der Waals surface area contributed by atoms with Crippen LogP contribution in [0.1, 0.15) is 40.4 Å². The number of hydrogen-bond donors (Lipinski definition) is 2. The fraction of sp³-hybridized carbons (Fsp3) is 0.278. The quantitative estimate of drug-likeness (QED) is 0.855. The number of rotatable bonds is 3. The first kappa shape index (κ1) is 15.3. The monoisotopic (exact) mass is 314 g/mol. The van der Waals surface area contributed by atoms with Gasteiger partial charge in [0.15, 0.2) is 0 Å². The highest BCUT2D eigenvalue weighted by Crippen LogP contribution is 2.31. The zero-order valence-electron chi connectivity index (χ0n) is 12.9. The van der Waals surface area contributed by atoms with Crippen molar-refractivity contribution in [1.29, 1.82) is 0 Å². The average molecular weight is 314 g/mol. The topological polar surface area (TPSA) is 64.3 Å². The number of halogens is 1. The predicted molar refractivity (Wildman–Crippen MR) is 87.0 cm³/mol. The molecule has 1 aliphatic carbocycles. The summed E-state index contributed by atoms with van der Waals surface area (Å²) in [7, 11) is 1.46. The highest BCUT2D eigenvalue weighted by atomic mass is 19.1. The van der Waals surface area contributed by atoms with E-state index in [1.807, 2.05) is 18.2 Å². The summed E-state index contributed by atoms with van der Waals surface area (Å²) in [6, 6.07) is 9.83. The van der Waals surface area contributed by atoms with E-state index in [-0.39, 0.29) is 11.6 Å². The van der Waals surface area contributed by atoms with Gasteiger partial charge in [0.1, 0.15) is 11.6 Å². The maximum absolute atomic E-state index is 14.0. The van der Waals surface area contributed by atoms with Gasteiger partial charge >= 0.3 is 0 Å². The number of ether oxygens (including phenoxy) is 1. The van der Waals surface area contributed by atoms with Crippen molar-refractivity contribution in [3.63, 3.8) is 0 Å². The summed E-state index contributed by atoms with van der Waals surface area (Å²) >= 11 is 0. The van der Waals surface area contributed by atoms with Crippen LogP contribution in [0.2, 0.25) is 0 Å². The van der Waals surface area contributed by atoms with E-state index in [4.69, 9.17) is 10.5 Å². The Kier molecular flexibility index (Phi) is 4.19. The van der Waals surface area contributed by atoms with Gasteiger partial charge in [-0.3, -0.25) is 4.79 Å². The Hall–Kier alpha value is -2.56. The first-order valence-corrected chi connectivity index (χ1v) is 7.61. The number of carbonyl (C=O) groups excluding carboxylic acids is 1. The maximum Gasteiger partial charge on any atom is 0.254 e. The third kappa shape index (κ3) is 3.13. The van der Waals surface area contributed by atoms with Gasteiger partial charge in [0.25, 0.3) is 5.91 Å². The smallest absolute Gasteiger partial charge is 0.254 e. The summed E-state index contributed by atoms with van der Waals surface area (Å²) < 4.78 is 19.0. The summed E-state index contributed by atoms with van der Waals surface area (Å²) in [5, 5.41) is 2.93. The Morgan fingerprint density at radius 3 is 2.87 bits per heavy atom. The van der Waals surface area contributed by atoms with Crippen LogP contribution in [0.3, 0.4) is 0 Å². The second-order valence-corrected chi connectivity index (χ2v) is 5.72. The summed E-state index contributed by atoms with van der Waals surface area (Å²) in [4.78, 5) is 12.4. The zero-order chi connectivity index (χ0) is 16.4. The molecule has 0 radical (unpaired) electrons. The molecule has 0 bridgehead atoms. The molecule has 2 aromatic carbocycles. The van der Waals surface area contributed by atoms with Crippen LogP contribution in [0.15, 0.2) is 36.4 Å². The van der Waals surface area contributed by atoms with Crippen LogP contribution in [-0.2, 0) is 6.42 Å². The Labute approximate surface area is 134 Å². The number of hydrogen-bond acceptors (Lipinski definition) is 3. The predicted octanol–water partition coefficient (Wildman–Crippen LogP) is 3.22. The summed E-state index contributed by atoms with van der Waals surface area (Å²) in [6.45, 7) is 0. The van der Waals surface area contributed by atoms with Crippen LogP contribution >= 0.6 is 0 Å². The van der Waals surface area contributed by atoms with Crippen LogP contribution < -0.4 is 15.8 Å². The number of aryl methyl sites for hydroxylation is 1. The molecule has 3 N–H and O–H groups in total.